The summed E-state index contributed by atoms with van der Waals surface area (Å²) in [5.41, 5.74) is 1.51. The summed E-state index contributed by atoms with van der Waals surface area (Å²) in [6.07, 6.45) is 7.39. The highest BCUT2D eigenvalue weighted by molar-refractivity contribution is 5.81. The molecule has 2 N–H and O–H groups in total. The summed E-state index contributed by atoms with van der Waals surface area (Å²) in [5, 5.41) is 3.42. The molecule has 7 heteroatoms. The van der Waals surface area contributed by atoms with Gasteiger partial charge in [0.15, 0.2) is 11.5 Å². The lowest BCUT2D eigenvalue weighted by molar-refractivity contribution is 0.225. The zero-order valence-electron chi connectivity index (χ0n) is 12.2. The summed E-state index contributed by atoms with van der Waals surface area (Å²) >= 11 is 0. The molecular weight excluding hydrogens is 280 g/mol. The lowest BCUT2D eigenvalue weighted by atomic mass is 10.2. The number of rotatable bonds is 5. The van der Waals surface area contributed by atoms with Gasteiger partial charge in [0, 0.05) is 6.54 Å². The summed E-state index contributed by atoms with van der Waals surface area (Å²) in [7, 11) is 0. The second kappa shape index (κ2) is 5.76. The first-order chi connectivity index (χ1) is 10.9. The summed E-state index contributed by atoms with van der Waals surface area (Å²) in [6, 6.07) is 4.19. The molecule has 1 aliphatic rings. The molecule has 0 amide bonds. The van der Waals surface area contributed by atoms with Crippen molar-refractivity contribution in [2.75, 3.05) is 25.0 Å². The highest BCUT2D eigenvalue weighted by atomic mass is 16.3. The standard InChI is InChI=1S/C15H18N6O/c1-2-6-21(5-1)11(12-4-3-7-22-12)8-16-14-13-15(18-9-17-13)20-10-19-14/h3-4,7,9-11H,1-2,5-6,8H2,(H2,16,17,18,19,20)/t11-/m1/s1. The van der Waals surface area contributed by atoms with E-state index < -0.39 is 0 Å². The van der Waals surface area contributed by atoms with Crippen LogP contribution in [0.4, 0.5) is 5.82 Å². The van der Waals surface area contributed by atoms with Gasteiger partial charge in [0.1, 0.15) is 17.6 Å². The van der Waals surface area contributed by atoms with Crippen molar-refractivity contribution in [3.63, 3.8) is 0 Å². The molecule has 3 aromatic heterocycles. The molecule has 0 aliphatic carbocycles. The summed E-state index contributed by atoms with van der Waals surface area (Å²) in [6.45, 7) is 2.95. The van der Waals surface area contributed by atoms with E-state index in [1.165, 1.54) is 19.2 Å². The molecule has 1 fully saturated rings. The Kier molecular flexibility index (Phi) is 3.48. The van der Waals surface area contributed by atoms with Crippen molar-refractivity contribution in [1.82, 2.24) is 24.8 Å². The number of aromatic amines is 1. The van der Waals surface area contributed by atoms with Gasteiger partial charge in [-0.05, 0) is 38.1 Å². The predicted molar refractivity (Wildman–Crippen MR) is 82.4 cm³/mol. The molecule has 3 aromatic rings. The van der Waals surface area contributed by atoms with E-state index in [9.17, 15) is 0 Å². The van der Waals surface area contributed by atoms with Gasteiger partial charge in [0.05, 0.1) is 18.6 Å². The minimum absolute atomic E-state index is 0.213. The molecule has 4 heterocycles. The highest BCUT2D eigenvalue weighted by Crippen LogP contribution is 2.26. The molecule has 0 aromatic carbocycles. The Morgan fingerprint density at radius 1 is 1.27 bits per heavy atom. The molecule has 0 spiro atoms. The monoisotopic (exact) mass is 298 g/mol. The van der Waals surface area contributed by atoms with Crippen LogP contribution in [0.25, 0.3) is 11.2 Å². The van der Waals surface area contributed by atoms with E-state index in [1.54, 1.807) is 12.6 Å². The van der Waals surface area contributed by atoms with E-state index in [4.69, 9.17) is 4.42 Å². The molecule has 0 bridgehead atoms. The van der Waals surface area contributed by atoms with Crippen LogP contribution in [0.3, 0.4) is 0 Å². The van der Waals surface area contributed by atoms with E-state index in [0.717, 1.165) is 36.7 Å². The third-order valence-electron chi connectivity index (χ3n) is 4.14. The van der Waals surface area contributed by atoms with E-state index in [0.29, 0.717) is 5.65 Å². The second-order valence-electron chi connectivity index (χ2n) is 5.48. The van der Waals surface area contributed by atoms with Crippen LogP contribution in [-0.2, 0) is 0 Å². The number of H-pyrrole nitrogens is 1. The first-order valence-electron chi connectivity index (χ1n) is 7.57. The Bertz CT molecular complexity index is 731. The fourth-order valence-electron chi connectivity index (χ4n) is 3.04. The van der Waals surface area contributed by atoms with Gasteiger partial charge < -0.3 is 14.7 Å². The van der Waals surface area contributed by atoms with Gasteiger partial charge in [-0.2, -0.15) is 0 Å². The second-order valence-corrected chi connectivity index (χ2v) is 5.48. The first-order valence-corrected chi connectivity index (χ1v) is 7.57. The minimum Gasteiger partial charge on any atom is -0.468 e. The first kappa shape index (κ1) is 13.3. The number of fused-ring (bicyclic) bond motifs is 1. The normalized spacial score (nSPS) is 17.1. The molecule has 7 nitrogen and oxygen atoms in total. The molecule has 0 unspecified atom stereocenters. The number of likely N-dealkylation sites (tertiary alicyclic amines) is 1. The average molecular weight is 298 g/mol. The number of imidazole rings is 1. The van der Waals surface area contributed by atoms with Gasteiger partial charge >= 0.3 is 0 Å². The number of nitrogens with zero attached hydrogens (tertiary/aromatic N) is 4. The zero-order chi connectivity index (χ0) is 14.8. The number of furan rings is 1. The van der Waals surface area contributed by atoms with E-state index in [2.05, 4.69) is 30.2 Å². The Labute approximate surface area is 127 Å². The molecule has 4 rings (SSSR count). The number of hydrogen-bond donors (Lipinski definition) is 2. The van der Waals surface area contributed by atoms with Crippen LogP contribution in [0.1, 0.15) is 24.6 Å². The zero-order valence-corrected chi connectivity index (χ0v) is 12.2. The Balaban J connectivity index is 1.55. The molecule has 0 saturated carbocycles. The van der Waals surface area contributed by atoms with Crippen LogP contribution in [0.15, 0.2) is 35.5 Å². The molecular formula is C15H18N6O. The maximum Gasteiger partial charge on any atom is 0.182 e. The fraction of sp³-hybridized carbons (Fsp3) is 0.400. The summed E-state index contributed by atoms with van der Waals surface area (Å²) < 4.78 is 5.63. The van der Waals surface area contributed by atoms with E-state index in [-0.39, 0.29) is 6.04 Å². The molecule has 1 aliphatic heterocycles. The lowest BCUT2D eigenvalue weighted by Gasteiger charge is -2.26. The van der Waals surface area contributed by atoms with Crippen molar-refractivity contribution in [3.8, 4) is 0 Å². The van der Waals surface area contributed by atoms with Crippen LogP contribution in [0.2, 0.25) is 0 Å². The number of nitrogens with one attached hydrogen (secondary N) is 2. The van der Waals surface area contributed by atoms with Gasteiger partial charge in [-0.15, -0.1) is 0 Å². The van der Waals surface area contributed by atoms with Crippen LogP contribution in [-0.4, -0.2) is 44.5 Å². The van der Waals surface area contributed by atoms with Crippen LogP contribution < -0.4 is 5.32 Å². The third-order valence-corrected chi connectivity index (χ3v) is 4.14. The SMILES string of the molecule is c1coc([C@@H](CNc2ncnc3nc[nH]c23)N2CCCC2)c1. The largest absolute Gasteiger partial charge is 0.468 e. The fourth-order valence-corrected chi connectivity index (χ4v) is 3.04. The molecule has 0 radical (unpaired) electrons. The van der Waals surface area contributed by atoms with Crippen LogP contribution >= 0.6 is 0 Å². The quantitative estimate of drug-likeness (QED) is 0.751. The van der Waals surface area contributed by atoms with Gasteiger partial charge in [-0.25, -0.2) is 15.0 Å². The van der Waals surface area contributed by atoms with Gasteiger partial charge in [0.2, 0.25) is 0 Å². The maximum atomic E-state index is 5.63. The minimum atomic E-state index is 0.213. The van der Waals surface area contributed by atoms with E-state index in [1.807, 2.05) is 12.1 Å². The molecule has 1 atom stereocenters. The number of hydrogen-bond acceptors (Lipinski definition) is 6. The Hall–Kier alpha value is -2.41. The number of aromatic nitrogens is 4. The van der Waals surface area contributed by atoms with Crippen molar-refractivity contribution in [1.29, 1.82) is 0 Å². The lowest BCUT2D eigenvalue weighted by Crippen LogP contribution is -2.31. The average Bonchev–Trinajstić information content (AvgIpc) is 3.30. The van der Waals surface area contributed by atoms with Crippen molar-refractivity contribution in [2.24, 2.45) is 0 Å². The highest BCUT2D eigenvalue weighted by Gasteiger charge is 2.25. The topological polar surface area (TPSA) is 82.9 Å². The summed E-state index contributed by atoms with van der Waals surface area (Å²) in [5.74, 6) is 1.77. The Morgan fingerprint density at radius 2 is 2.18 bits per heavy atom. The van der Waals surface area contributed by atoms with Crippen molar-refractivity contribution >= 4 is 17.0 Å². The third kappa shape index (κ3) is 2.43. The van der Waals surface area contributed by atoms with Crippen molar-refractivity contribution in [3.05, 3.63) is 36.8 Å². The van der Waals surface area contributed by atoms with E-state index >= 15 is 0 Å². The van der Waals surface area contributed by atoms with Crippen LogP contribution in [0, 0.1) is 0 Å². The molecule has 22 heavy (non-hydrogen) atoms. The summed E-state index contributed by atoms with van der Waals surface area (Å²) in [4.78, 5) is 18.1. The number of anilines is 1. The smallest absolute Gasteiger partial charge is 0.182 e. The van der Waals surface area contributed by atoms with Crippen molar-refractivity contribution in [2.45, 2.75) is 18.9 Å². The molecule has 114 valence electrons. The van der Waals surface area contributed by atoms with Crippen molar-refractivity contribution < 1.29 is 4.42 Å². The maximum absolute atomic E-state index is 5.63. The van der Waals surface area contributed by atoms with Gasteiger partial charge in [-0.1, -0.05) is 0 Å². The predicted octanol–water partition coefficient (Wildman–Crippen LogP) is 2.19. The molecule has 1 saturated heterocycles. The van der Waals surface area contributed by atoms with Gasteiger partial charge in [-0.3, -0.25) is 4.90 Å². The van der Waals surface area contributed by atoms with Gasteiger partial charge in [0.25, 0.3) is 0 Å². The van der Waals surface area contributed by atoms with Crippen LogP contribution in [0.5, 0.6) is 0 Å². The Morgan fingerprint density at radius 3 is 3.00 bits per heavy atom.